The topological polar surface area (TPSA) is 44.5 Å². The third kappa shape index (κ3) is 2.88. The Morgan fingerprint density at radius 2 is 2.10 bits per heavy atom. The van der Waals surface area contributed by atoms with Crippen molar-refractivity contribution in [3.05, 3.63) is 59.2 Å². The second kappa shape index (κ2) is 5.78. The number of hydrogen-bond donors (Lipinski definition) is 1. The first-order chi connectivity index (χ1) is 10.2. The van der Waals surface area contributed by atoms with E-state index in [4.69, 9.17) is 15.2 Å². The van der Waals surface area contributed by atoms with Gasteiger partial charge in [-0.1, -0.05) is 29.8 Å². The van der Waals surface area contributed by atoms with E-state index in [1.165, 1.54) is 5.56 Å². The molecule has 0 spiro atoms. The van der Waals surface area contributed by atoms with Crippen molar-refractivity contribution in [2.45, 2.75) is 32.4 Å². The van der Waals surface area contributed by atoms with E-state index in [0.29, 0.717) is 6.61 Å². The molecule has 0 fully saturated rings. The molecule has 3 heteroatoms. The Bertz CT molecular complexity index is 639. The van der Waals surface area contributed by atoms with Crippen LogP contribution in [-0.4, -0.2) is 6.61 Å². The molecule has 0 radical (unpaired) electrons. The van der Waals surface area contributed by atoms with Crippen molar-refractivity contribution in [1.82, 2.24) is 0 Å². The molecule has 2 N–H and O–H groups in total. The van der Waals surface area contributed by atoms with E-state index in [0.717, 1.165) is 29.0 Å². The molecule has 0 bridgehead atoms. The van der Waals surface area contributed by atoms with Gasteiger partial charge in [0.15, 0.2) is 0 Å². The third-order valence-electron chi connectivity index (χ3n) is 3.84. The first-order valence-corrected chi connectivity index (χ1v) is 7.43. The van der Waals surface area contributed by atoms with Crippen LogP contribution in [0.15, 0.2) is 42.5 Å². The molecule has 0 saturated heterocycles. The fourth-order valence-electron chi connectivity index (χ4n) is 2.80. The van der Waals surface area contributed by atoms with Crippen LogP contribution in [0.4, 0.5) is 0 Å². The number of rotatable bonds is 3. The van der Waals surface area contributed by atoms with Crippen LogP contribution in [0, 0.1) is 6.92 Å². The number of fused-ring (bicyclic) bond motifs is 1. The number of benzene rings is 2. The third-order valence-corrected chi connectivity index (χ3v) is 3.84. The van der Waals surface area contributed by atoms with Crippen molar-refractivity contribution < 1.29 is 9.47 Å². The van der Waals surface area contributed by atoms with E-state index in [1.807, 2.05) is 31.2 Å². The van der Waals surface area contributed by atoms with E-state index in [-0.39, 0.29) is 12.1 Å². The molecule has 3 nitrogen and oxygen atoms in total. The van der Waals surface area contributed by atoms with Crippen LogP contribution in [0.5, 0.6) is 11.5 Å². The molecule has 0 aliphatic carbocycles. The lowest BCUT2D eigenvalue weighted by Crippen LogP contribution is -2.24. The van der Waals surface area contributed by atoms with Crippen LogP contribution < -0.4 is 15.2 Å². The van der Waals surface area contributed by atoms with Gasteiger partial charge >= 0.3 is 0 Å². The SMILES string of the molecule is CCOc1cccc(C2C[C@H](N)c3cc(C)ccc3O2)c1. The molecule has 1 aliphatic rings. The average molecular weight is 283 g/mol. The summed E-state index contributed by atoms with van der Waals surface area (Å²) >= 11 is 0. The van der Waals surface area contributed by atoms with E-state index >= 15 is 0 Å². The molecule has 0 saturated carbocycles. The molecule has 0 amide bonds. The molecular weight excluding hydrogens is 262 g/mol. The highest BCUT2D eigenvalue weighted by molar-refractivity contribution is 5.42. The second-order valence-electron chi connectivity index (χ2n) is 5.50. The molecule has 2 aromatic rings. The van der Waals surface area contributed by atoms with Crippen LogP contribution in [0.3, 0.4) is 0 Å². The van der Waals surface area contributed by atoms with Crippen molar-refractivity contribution in [3.63, 3.8) is 0 Å². The molecule has 3 rings (SSSR count). The highest BCUT2D eigenvalue weighted by Gasteiger charge is 2.27. The second-order valence-corrected chi connectivity index (χ2v) is 5.50. The molecule has 1 unspecified atom stereocenters. The maximum Gasteiger partial charge on any atom is 0.126 e. The minimum atomic E-state index is -0.0180. The van der Waals surface area contributed by atoms with Gasteiger partial charge in [0.25, 0.3) is 0 Å². The molecular formula is C18H21NO2. The summed E-state index contributed by atoms with van der Waals surface area (Å²) < 4.78 is 11.7. The van der Waals surface area contributed by atoms with Gasteiger partial charge in [-0.2, -0.15) is 0 Å². The summed E-state index contributed by atoms with van der Waals surface area (Å²) in [5, 5.41) is 0. The molecule has 2 atom stereocenters. The number of hydrogen-bond acceptors (Lipinski definition) is 3. The molecule has 1 aliphatic heterocycles. The predicted octanol–water partition coefficient (Wildman–Crippen LogP) is 3.92. The van der Waals surface area contributed by atoms with Crippen molar-refractivity contribution >= 4 is 0 Å². The zero-order valence-electron chi connectivity index (χ0n) is 12.5. The van der Waals surface area contributed by atoms with Gasteiger partial charge in [0.2, 0.25) is 0 Å². The summed E-state index contributed by atoms with van der Waals surface area (Å²) in [7, 11) is 0. The van der Waals surface area contributed by atoms with E-state index < -0.39 is 0 Å². The molecule has 1 heterocycles. The largest absolute Gasteiger partial charge is 0.494 e. The van der Waals surface area contributed by atoms with Crippen molar-refractivity contribution in [1.29, 1.82) is 0 Å². The monoisotopic (exact) mass is 283 g/mol. The van der Waals surface area contributed by atoms with Gasteiger partial charge in [-0.3, -0.25) is 0 Å². The molecule has 110 valence electrons. The van der Waals surface area contributed by atoms with Crippen LogP contribution in [0.1, 0.15) is 42.2 Å². The lowest BCUT2D eigenvalue weighted by atomic mass is 9.92. The van der Waals surface area contributed by atoms with E-state index in [2.05, 4.69) is 25.1 Å². The smallest absolute Gasteiger partial charge is 0.126 e. The number of nitrogens with two attached hydrogens (primary N) is 1. The van der Waals surface area contributed by atoms with Gasteiger partial charge in [-0.05, 0) is 37.6 Å². The summed E-state index contributed by atoms with van der Waals surface area (Å²) in [5.74, 6) is 1.77. The van der Waals surface area contributed by atoms with Gasteiger partial charge in [0.05, 0.1) is 6.61 Å². The number of aryl methyl sites for hydroxylation is 1. The Hall–Kier alpha value is -2.00. The van der Waals surface area contributed by atoms with Crippen molar-refractivity contribution in [3.8, 4) is 11.5 Å². The Balaban J connectivity index is 1.88. The molecule has 2 aromatic carbocycles. The summed E-state index contributed by atoms with van der Waals surface area (Å²) in [4.78, 5) is 0. The normalized spacial score (nSPS) is 20.5. The van der Waals surface area contributed by atoms with Crippen molar-refractivity contribution in [2.75, 3.05) is 6.61 Å². The van der Waals surface area contributed by atoms with Gasteiger partial charge in [0.1, 0.15) is 17.6 Å². The fraction of sp³-hybridized carbons (Fsp3) is 0.333. The summed E-state index contributed by atoms with van der Waals surface area (Å²) in [6.45, 7) is 4.72. The lowest BCUT2D eigenvalue weighted by Gasteiger charge is -2.31. The first-order valence-electron chi connectivity index (χ1n) is 7.43. The highest BCUT2D eigenvalue weighted by Crippen LogP contribution is 2.40. The Morgan fingerprint density at radius 3 is 2.90 bits per heavy atom. The van der Waals surface area contributed by atoms with Crippen LogP contribution in [0.25, 0.3) is 0 Å². The Kier molecular flexibility index (Phi) is 3.84. The summed E-state index contributed by atoms with van der Waals surface area (Å²) in [6, 6.07) is 14.3. The molecule has 0 aromatic heterocycles. The van der Waals surface area contributed by atoms with Crippen molar-refractivity contribution in [2.24, 2.45) is 5.73 Å². The lowest BCUT2D eigenvalue weighted by molar-refractivity contribution is 0.161. The van der Waals surface area contributed by atoms with Gasteiger partial charge < -0.3 is 15.2 Å². The fourth-order valence-corrected chi connectivity index (χ4v) is 2.80. The maximum absolute atomic E-state index is 6.33. The van der Waals surface area contributed by atoms with Crippen LogP contribution >= 0.6 is 0 Å². The summed E-state index contributed by atoms with van der Waals surface area (Å²) in [6.07, 6.45) is 0.766. The van der Waals surface area contributed by atoms with Crippen LogP contribution in [0.2, 0.25) is 0 Å². The number of ether oxygens (including phenoxy) is 2. The van der Waals surface area contributed by atoms with E-state index in [9.17, 15) is 0 Å². The zero-order chi connectivity index (χ0) is 14.8. The minimum Gasteiger partial charge on any atom is -0.494 e. The van der Waals surface area contributed by atoms with E-state index in [1.54, 1.807) is 0 Å². The average Bonchev–Trinajstić information content (AvgIpc) is 2.48. The Labute approximate surface area is 125 Å². The maximum atomic E-state index is 6.33. The summed E-state index contributed by atoms with van der Waals surface area (Å²) in [5.41, 5.74) is 9.76. The van der Waals surface area contributed by atoms with Gasteiger partial charge in [-0.25, -0.2) is 0 Å². The first kappa shape index (κ1) is 14.0. The standard InChI is InChI=1S/C18H21NO2/c1-3-20-14-6-4-5-13(10-14)18-11-16(19)15-9-12(2)7-8-17(15)21-18/h4-10,16,18H,3,11,19H2,1-2H3/t16-,18?/m0/s1. The Morgan fingerprint density at radius 1 is 1.24 bits per heavy atom. The quantitative estimate of drug-likeness (QED) is 0.928. The molecule has 21 heavy (non-hydrogen) atoms. The van der Waals surface area contributed by atoms with Crippen LogP contribution in [-0.2, 0) is 0 Å². The van der Waals surface area contributed by atoms with Gasteiger partial charge in [-0.15, -0.1) is 0 Å². The minimum absolute atomic E-state index is 0.00870. The predicted molar refractivity (Wildman–Crippen MR) is 83.7 cm³/mol. The highest BCUT2D eigenvalue weighted by atomic mass is 16.5. The van der Waals surface area contributed by atoms with Gasteiger partial charge in [0, 0.05) is 18.0 Å². The zero-order valence-corrected chi connectivity index (χ0v) is 12.5.